The average molecular weight is 433 g/mol. The van der Waals surface area contributed by atoms with Gasteiger partial charge in [-0.05, 0) is 42.0 Å². The number of anilines is 1. The molecule has 0 aliphatic heterocycles. The number of rotatable bonds is 6. The van der Waals surface area contributed by atoms with Gasteiger partial charge in [0.15, 0.2) is 6.73 Å². The summed E-state index contributed by atoms with van der Waals surface area (Å²) in [6.45, 7) is 0.243. The highest BCUT2D eigenvalue weighted by atomic mass is 79.9. The molecule has 2 aromatic carbocycles. The van der Waals surface area contributed by atoms with Crippen LogP contribution in [-0.4, -0.2) is 15.7 Å². The Morgan fingerprint density at radius 1 is 1.23 bits per heavy atom. The molecule has 1 N–H and O–H groups in total. The first-order chi connectivity index (χ1) is 12.6. The largest absolute Gasteiger partial charge is 0.471 e. The third kappa shape index (κ3) is 5.21. The van der Waals surface area contributed by atoms with Crippen LogP contribution in [0.4, 0.5) is 5.69 Å². The summed E-state index contributed by atoms with van der Waals surface area (Å²) < 4.78 is 8.20. The molecule has 1 heterocycles. The molecule has 0 saturated carbocycles. The molecule has 0 saturated heterocycles. The number of hydrogen-bond acceptors (Lipinski definition) is 3. The van der Waals surface area contributed by atoms with Gasteiger partial charge < -0.3 is 10.1 Å². The van der Waals surface area contributed by atoms with Gasteiger partial charge in [-0.1, -0.05) is 45.7 Å². The van der Waals surface area contributed by atoms with Crippen molar-refractivity contribution in [3.05, 3.63) is 82.1 Å². The van der Waals surface area contributed by atoms with E-state index in [0.717, 1.165) is 15.8 Å². The maximum atomic E-state index is 12.0. The summed E-state index contributed by atoms with van der Waals surface area (Å²) in [5.74, 6) is 0.468. The molecule has 0 unspecified atom stereocenters. The van der Waals surface area contributed by atoms with Crippen LogP contribution in [-0.2, 0) is 11.5 Å². The van der Waals surface area contributed by atoms with Crippen molar-refractivity contribution >= 4 is 45.2 Å². The first-order valence-electron chi connectivity index (χ1n) is 7.74. The van der Waals surface area contributed by atoms with E-state index < -0.39 is 0 Å². The number of carbonyl (C=O) groups is 1. The molecular formula is C19H15BrClN3O2. The maximum Gasteiger partial charge on any atom is 0.248 e. The molecule has 7 heteroatoms. The first-order valence-corrected chi connectivity index (χ1v) is 8.92. The summed E-state index contributed by atoms with van der Waals surface area (Å²) >= 11 is 9.43. The molecule has 132 valence electrons. The number of nitrogens with one attached hydrogen (secondary N) is 1. The predicted octanol–water partition coefficient (Wildman–Crippen LogP) is 4.99. The molecule has 0 atom stereocenters. The van der Waals surface area contributed by atoms with Gasteiger partial charge in [0, 0.05) is 15.6 Å². The van der Waals surface area contributed by atoms with Crippen LogP contribution in [0.5, 0.6) is 5.75 Å². The summed E-state index contributed by atoms with van der Waals surface area (Å²) in [4.78, 5) is 12.0. The van der Waals surface area contributed by atoms with Crippen LogP contribution >= 0.6 is 27.5 Å². The standard InChI is InChI=1S/C19H15BrClN3O2/c20-15-6-8-17(9-7-15)26-13-24-12-16(11-22-24)23-19(25)10-5-14-3-1-2-4-18(14)21/h1-12H,13H2,(H,23,25)/b10-5+. The van der Waals surface area contributed by atoms with Crippen molar-refractivity contribution in [2.24, 2.45) is 0 Å². The first kappa shape index (κ1) is 18.2. The van der Waals surface area contributed by atoms with Crippen molar-refractivity contribution in [2.75, 3.05) is 5.32 Å². The van der Waals surface area contributed by atoms with Crippen LogP contribution in [0.2, 0.25) is 5.02 Å². The normalized spacial score (nSPS) is 10.8. The summed E-state index contributed by atoms with van der Waals surface area (Å²) in [7, 11) is 0. The van der Waals surface area contributed by atoms with Crippen LogP contribution in [0.3, 0.4) is 0 Å². The summed E-state index contributed by atoms with van der Waals surface area (Å²) in [6.07, 6.45) is 6.35. The lowest BCUT2D eigenvalue weighted by Gasteiger charge is -2.05. The molecule has 1 amide bonds. The van der Waals surface area contributed by atoms with Gasteiger partial charge in [-0.3, -0.25) is 4.79 Å². The Kier molecular flexibility index (Phi) is 6.09. The van der Waals surface area contributed by atoms with Crippen LogP contribution < -0.4 is 10.1 Å². The molecule has 0 bridgehead atoms. The smallest absolute Gasteiger partial charge is 0.248 e. The minimum absolute atomic E-state index is 0.243. The minimum Gasteiger partial charge on any atom is -0.471 e. The Morgan fingerprint density at radius 3 is 2.77 bits per heavy atom. The number of amides is 1. The number of ether oxygens (including phenoxy) is 1. The number of carbonyl (C=O) groups excluding carboxylic acids is 1. The maximum absolute atomic E-state index is 12.0. The molecular weight excluding hydrogens is 418 g/mol. The van der Waals surface area contributed by atoms with Crippen molar-refractivity contribution in [1.29, 1.82) is 0 Å². The monoisotopic (exact) mass is 431 g/mol. The third-order valence-corrected chi connectivity index (χ3v) is 4.27. The molecule has 26 heavy (non-hydrogen) atoms. The van der Waals surface area contributed by atoms with Gasteiger partial charge in [0.2, 0.25) is 5.91 Å². The summed E-state index contributed by atoms with van der Waals surface area (Å²) in [5, 5.41) is 7.49. The molecule has 0 radical (unpaired) electrons. The van der Waals surface area contributed by atoms with Crippen molar-refractivity contribution in [3.63, 3.8) is 0 Å². The Hall–Kier alpha value is -2.57. The minimum atomic E-state index is -0.265. The Labute approximate surface area is 164 Å². The second-order valence-corrected chi connectivity index (χ2v) is 6.66. The Bertz CT molecular complexity index is 923. The zero-order chi connectivity index (χ0) is 18.4. The van der Waals surface area contributed by atoms with Crippen molar-refractivity contribution < 1.29 is 9.53 Å². The van der Waals surface area contributed by atoms with Gasteiger partial charge in [0.25, 0.3) is 0 Å². The molecule has 1 aromatic heterocycles. The van der Waals surface area contributed by atoms with E-state index in [2.05, 4.69) is 26.3 Å². The fourth-order valence-corrected chi connectivity index (χ4v) is 2.59. The van der Waals surface area contributed by atoms with E-state index in [0.29, 0.717) is 10.7 Å². The van der Waals surface area contributed by atoms with Gasteiger partial charge >= 0.3 is 0 Å². The van der Waals surface area contributed by atoms with E-state index in [-0.39, 0.29) is 12.6 Å². The van der Waals surface area contributed by atoms with Crippen molar-refractivity contribution in [2.45, 2.75) is 6.73 Å². The predicted molar refractivity (Wildman–Crippen MR) is 106 cm³/mol. The van der Waals surface area contributed by atoms with Crippen molar-refractivity contribution in [1.82, 2.24) is 9.78 Å². The highest BCUT2D eigenvalue weighted by Crippen LogP contribution is 2.17. The highest BCUT2D eigenvalue weighted by molar-refractivity contribution is 9.10. The highest BCUT2D eigenvalue weighted by Gasteiger charge is 2.03. The average Bonchev–Trinajstić information content (AvgIpc) is 3.08. The number of benzene rings is 2. The zero-order valence-corrected chi connectivity index (χ0v) is 15.9. The quantitative estimate of drug-likeness (QED) is 0.558. The van der Waals surface area contributed by atoms with Crippen molar-refractivity contribution in [3.8, 4) is 5.75 Å². The Morgan fingerprint density at radius 2 is 2.00 bits per heavy atom. The number of aromatic nitrogens is 2. The molecule has 3 rings (SSSR count). The number of halogens is 2. The Balaban J connectivity index is 1.53. The van der Waals surface area contributed by atoms with E-state index in [1.54, 1.807) is 29.2 Å². The van der Waals surface area contributed by atoms with Gasteiger partial charge in [-0.25, -0.2) is 4.68 Å². The lowest BCUT2D eigenvalue weighted by molar-refractivity contribution is -0.111. The van der Waals surface area contributed by atoms with E-state index in [1.165, 1.54) is 6.08 Å². The van der Waals surface area contributed by atoms with Crippen LogP contribution in [0.1, 0.15) is 5.56 Å². The number of nitrogens with zero attached hydrogens (tertiary/aromatic N) is 2. The van der Waals surface area contributed by atoms with Gasteiger partial charge in [-0.15, -0.1) is 0 Å². The molecule has 0 aliphatic rings. The third-order valence-electron chi connectivity index (χ3n) is 3.40. The summed E-state index contributed by atoms with van der Waals surface area (Å²) in [5.41, 5.74) is 1.36. The van der Waals surface area contributed by atoms with Crippen LogP contribution in [0, 0.1) is 0 Å². The molecule has 0 fully saturated rings. The van der Waals surface area contributed by atoms with Gasteiger partial charge in [0.05, 0.1) is 18.1 Å². The lowest BCUT2D eigenvalue weighted by Crippen LogP contribution is -2.08. The fraction of sp³-hybridized carbons (Fsp3) is 0.0526. The van der Waals surface area contributed by atoms with Crippen LogP contribution in [0.25, 0.3) is 6.08 Å². The van der Waals surface area contributed by atoms with E-state index in [1.807, 2.05) is 42.5 Å². The lowest BCUT2D eigenvalue weighted by atomic mass is 10.2. The number of hydrogen-bond donors (Lipinski definition) is 1. The second-order valence-electron chi connectivity index (χ2n) is 5.34. The molecule has 3 aromatic rings. The van der Waals surface area contributed by atoms with Crippen LogP contribution in [0.15, 0.2) is 71.5 Å². The van der Waals surface area contributed by atoms with E-state index in [9.17, 15) is 4.79 Å². The second kappa shape index (κ2) is 8.69. The van der Waals surface area contributed by atoms with E-state index in [4.69, 9.17) is 16.3 Å². The van der Waals surface area contributed by atoms with Gasteiger partial charge in [0.1, 0.15) is 5.75 Å². The topological polar surface area (TPSA) is 56.2 Å². The molecule has 5 nitrogen and oxygen atoms in total. The fourth-order valence-electron chi connectivity index (χ4n) is 2.13. The van der Waals surface area contributed by atoms with Gasteiger partial charge in [-0.2, -0.15) is 5.10 Å². The zero-order valence-electron chi connectivity index (χ0n) is 13.6. The summed E-state index contributed by atoms with van der Waals surface area (Å²) in [6, 6.07) is 14.8. The molecule has 0 spiro atoms. The molecule has 0 aliphatic carbocycles. The SMILES string of the molecule is O=C(/C=C/c1ccccc1Cl)Nc1cnn(COc2ccc(Br)cc2)c1. The van der Waals surface area contributed by atoms with E-state index >= 15 is 0 Å².